The van der Waals surface area contributed by atoms with Crippen molar-refractivity contribution in [3.63, 3.8) is 0 Å². The van der Waals surface area contributed by atoms with E-state index in [9.17, 15) is 0 Å². The lowest BCUT2D eigenvalue weighted by molar-refractivity contribution is 0.119. The molecule has 0 aromatic carbocycles. The fraction of sp³-hybridized carbons (Fsp3) is 0.800. The smallest absolute Gasteiger partial charge is 0.0659 e. The van der Waals surface area contributed by atoms with Crippen LogP contribution in [0.5, 0.6) is 0 Å². The molecule has 0 aromatic rings. The summed E-state index contributed by atoms with van der Waals surface area (Å²) in [5, 5.41) is 3.15. The number of hydrogen-bond acceptors (Lipinski definition) is 3. The molecule has 0 amide bonds. The third-order valence-electron chi connectivity index (χ3n) is 1.63. The number of likely N-dealkylation sites (N-methyl/N-ethyl adjacent to an activating group) is 1. The van der Waals surface area contributed by atoms with E-state index in [-0.39, 0.29) is 6.04 Å². The molecule has 76 valence electrons. The number of ether oxygens (including phenoxy) is 1. The molecule has 3 nitrogen and oxygen atoms in total. The monoisotopic (exact) mass is 184 g/mol. The van der Waals surface area contributed by atoms with Crippen LogP contribution < -0.4 is 5.32 Å². The molecule has 0 radical (unpaired) electrons. The summed E-state index contributed by atoms with van der Waals surface area (Å²) in [6.07, 6.45) is 5.19. The zero-order valence-corrected chi connectivity index (χ0v) is 8.84. The van der Waals surface area contributed by atoms with Crippen LogP contribution in [0.3, 0.4) is 0 Å². The van der Waals surface area contributed by atoms with Crippen molar-refractivity contribution in [2.45, 2.75) is 13.0 Å². The Labute approximate surface area is 81.4 Å². The van der Waals surface area contributed by atoms with Crippen molar-refractivity contribution in [3.8, 4) is 12.3 Å². The molecule has 0 heterocycles. The Kier molecular flexibility index (Phi) is 7.71. The van der Waals surface area contributed by atoms with Crippen LogP contribution in [0.4, 0.5) is 0 Å². The summed E-state index contributed by atoms with van der Waals surface area (Å²) in [6.45, 7) is 5.24. The highest BCUT2D eigenvalue weighted by atomic mass is 16.5. The Balaban J connectivity index is 3.05. The first-order valence-electron chi connectivity index (χ1n) is 4.58. The van der Waals surface area contributed by atoms with Gasteiger partial charge in [0.15, 0.2) is 0 Å². The van der Waals surface area contributed by atoms with Crippen LogP contribution in [-0.2, 0) is 4.74 Å². The molecule has 0 aliphatic heterocycles. The summed E-state index contributed by atoms with van der Waals surface area (Å²) in [6, 6.07) is 0.137. The molecule has 0 bridgehead atoms. The van der Waals surface area contributed by atoms with Crippen LogP contribution in [0.1, 0.15) is 6.92 Å². The molecular formula is C10H20N2O. The van der Waals surface area contributed by atoms with E-state index >= 15 is 0 Å². The quantitative estimate of drug-likeness (QED) is 0.451. The Hall–Kier alpha value is -0.560. The van der Waals surface area contributed by atoms with Crippen molar-refractivity contribution in [2.75, 3.05) is 40.4 Å². The van der Waals surface area contributed by atoms with Gasteiger partial charge in [0.25, 0.3) is 0 Å². The van der Waals surface area contributed by atoms with Gasteiger partial charge in [-0.2, -0.15) is 0 Å². The molecule has 0 fully saturated rings. The number of rotatable bonds is 7. The molecule has 13 heavy (non-hydrogen) atoms. The Morgan fingerprint density at radius 3 is 2.69 bits per heavy atom. The number of hydrogen-bond donors (Lipinski definition) is 1. The van der Waals surface area contributed by atoms with E-state index in [1.165, 1.54) is 0 Å². The van der Waals surface area contributed by atoms with Gasteiger partial charge in [-0.05, 0) is 21.0 Å². The lowest BCUT2D eigenvalue weighted by Crippen LogP contribution is -2.29. The van der Waals surface area contributed by atoms with Gasteiger partial charge in [-0.3, -0.25) is 0 Å². The highest BCUT2D eigenvalue weighted by molar-refractivity contribution is 4.95. The van der Waals surface area contributed by atoms with Crippen LogP contribution in [0, 0.1) is 12.3 Å². The van der Waals surface area contributed by atoms with Crippen molar-refractivity contribution in [1.29, 1.82) is 0 Å². The molecule has 0 saturated heterocycles. The number of nitrogens with zero attached hydrogens (tertiary/aromatic N) is 1. The molecule has 0 spiro atoms. The van der Waals surface area contributed by atoms with E-state index in [1.54, 1.807) is 0 Å². The van der Waals surface area contributed by atoms with Crippen LogP contribution in [-0.4, -0.2) is 51.3 Å². The number of nitrogens with one attached hydrogen (secondary N) is 1. The molecule has 0 aliphatic rings. The van der Waals surface area contributed by atoms with Crippen LogP contribution >= 0.6 is 0 Å². The van der Waals surface area contributed by atoms with Gasteiger partial charge in [-0.15, -0.1) is 6.42 Å². The van der Waals surface area contributed by atoms with Gasteiger partial charge < -0.3 is 15.0 Å². The molecule has 1 N–H and O–H groups in total. The summed E-state index contributed by atoms with van der Waals surface area (Å²) >= 11 is 0. The standard InChI is InChI=1S/C10H20N2O/c1-5-10(2)11-6-8-13-9-7-12(3)4/h1,10-11H,6-9H2,2-4H3. The second kappa shape index (κ2) is 8.06. The van der Waals surface area contributed by atoms with Crippen molar-refractivity contribution in [2.24, 2.45) is 0 Å². The highest BCUT2D eigenvalue weighted by Crippen LogP contribution is 1.79. The Bertz CT molecular complexity index is 151. The fourth-order valence-corrected chi connectivity index (χ4v) is 0.756. The maximum Gasteiger partial charge on any atom is 0.0659 e. The first kappa shape index (κ1) is 12.4. The first-order valence-corrected chi connectivity index (χ1v) is 4.58. The molecule has 0 saturated carbocycles. The minimum atomic E-state index is 0.137. The van der Waals surface area contributed by atoms with Crippen molar-refractivity contribution < 1.29 is 4.74 Å². The number of terminal acetylenes is 1. The summed E-state index contributed by atoms with van der Waals surface area (Å²) in [5.74, 6) is 2.60. The van der Waals surface area contributed by atoms with Gasteiger partial charge in [-0.1, -0.05) is 5.92 Å². The molecule has 0 rings (SSSR count). The normalized spacial score (nSPS) is 12.8. The van der Waals surface area contributed by atoms with Gasteiger partial charge in [-0.25, -0.2) is 0 Å². The van der Waals surface area contributed by atoms with Gasteiger partial charge in [0.05, 0.1) is 19.3 Å². The van der Waals surface area contributed by atoms with Gasteiger partial charge in [0.2, 0.25) is 0 Å². The predicted octanol–water partition coefficient (Wildman–Crippen LogP) is 0.176. The Morgan fingerprint density at radius 2 is 2.15 bits per heavy atom. The molecular weight excluding hydrogens is 164 g/mol. The third kappa shape index (κ3) is 9.35. The lowest BCUT2D eigenvalue weighted by Gasteiger charge is -2.11. The van der Waals surface area contributed by atoms with Gasteiger partial charge >= 0.3 is 0 Å². The minimum absolute atomic E-state index is 0.137. The largest absolute Gasteiger partial charge is 0.379 e. The second-order valence-electron chi connectivity index (χ2n) is 3.26. The molecule has 3 heteroatoms. The summed E-state index contributed by atoms with van der Waals surface area (Å²) in [4.78, 5) is 2.09. The van der Waals surface area contributed by atoms with E-state index in [0.29, 0.717) is 0 Å². The van der Waals surface area contributed by atoms with E-state index in [0.717, 1.165) is 26.3 Å². The zero-order chi connectivity index (χ0) is 10.1. The topological polar surface area (TPSA) is 24.5 Å². The maximum absolute atomic E-state index is 5.37. The Morgan fingerprint density at radius 1 is 1.46 bits per heavy atom. The zero-order valence-electron chi connectivity index (χ0n) is 8.84. The molecule has 1 unspecified atom stereocenters. The van der Waals surface area contributed by atoms with Gasteiger partial charge in [0, 0.05) is 13.1 Å². The van der Waals surface area contributed by atoms with Crippen molar-refractivity contribution in [1.82, 2.24) is 10.2 Å². The molecule has 0 aliphatic carbocycles. The lowest BCUT2D eigenvalue weighted by atomic mass is 10.3. The predicted molar refractivity (Wildman–Crippen MR) is 55.7 cm³/mol. The second-order valence-corrected chi connectivity index (χ2v) is 3.26. The minimum Gasteiger partial charge on any atom is -0.379 e. The average Bonchev–Trinajstić information content (AvgIpc) is 2.10. The van der Waals surface area contributed by atoms with Crippen LogP contribution in [0.2, 0.25) is 0 Å². The maximum atomic E-state index is 5.37. The van der Waals surface area contributed by atoms with E-state index in [1.807, 2.05) is 21.0 Å². The van der Waals surface area contributed by atoms with Gasteiger partial charge in [0.1, 0.15) is 0 Å². The fourth-order valence-electron chi connectivity index (χ4n) is 0.756. The molecule has 1 atom stereocenters. The van der Waals surface area contributed by atoms with E-state index < -0.39 is 0 Å². The first-order chi connectivity index (χ1) is 6.16. The summed E-state index contributed by atoms with van der Waals surface area (Å²) in [7, 11) is 4.06. The van der Waals surface area contributed by atoms with Crippen LogP contribution in [0.25, 0.3) is 0 Å². The summed E-state index contributed by atoms with van der Waals surface area (Å²) < 4.78 is 5.37. The average molecular weight is 184 g/mol. The van der Waals surface area contributed by atoms with Crippen LogP contribution in [0.15, 0.2) is 0 Å². The van der Waals surface area contributed by atoms with E-state index in [2.05, 4.69) is 16.1 Å². The van der Waals surface area contributed by atoms with Crippen molar-refractivity contribution in [3.05, 3.63) is 0 Å². The third-order valence-corrected chi connectivity index (χ3v) is 1.63. The SMILES string of the molecule is C#CC(C)NCCOCCN(C)C. The van der Waals surface area contributed by atoms with E-state index in [4.69, 9.17) is 11.2 Å². The summed E-state index contributed by atoms with van der Waals surface area (Å²) in [5.41, 5.74) is 0. The molecule has 0 aromatic heterocycles. The van der Waals surface area contributed by atoms with Crippen molar-refractivity contribution >= 4 is 0 Å². The highest BCUT2D eigenvalue weighted by Gasteiger charge is 1.94.